The van der Waals surface area contributed by atoms with Crippen LogP contribution < -0.4 is 24.8 Å². The van der Waals surface area contributed by atoms with Crippen molar-refractivity contribution in [1.29, 1.82) is 0 Å². The summed E-state index contributed by atoms with van der Waals surface area (Å²) < 4.78 is 51.5. The zero-order valence-corrected chi connectivity index (χ0v) is 33.0. The normalized spacial score (nSPS) is 31.4. The summed E-state index contributed by atoms with van der Waals surface area (Å²) in [5, 5.41) is 5.97. The Labute approximate surface area is 332 Å². The number of alkyl carbamates (subject to hydrolysis) is 1. The van der Waals surface area contributed by atoms with E-state index in [1.54, 1.807) is 7.11 Å². The zero-order chi connectivity index (χ0) is 39.9. The maximum atomic E-state index is 14.8. The molecule has 6 aliphatic rings. The number of aromatic nitrogens is 1. The Morgan fingerprint density at radius 1 is 1.05 bits per heavy atom. The number of sulfonamides is 1. The van der Waals surface area contributed by atoms with Gasteiger partial charge < -0.3 is 34.5 Å². The van der Waals surface area contributed by atoms with Crippen LogP contribution in [-0.4, -0.2) is 104 Å². The lowest BCUT2D eigenvalue weighted by atomic mass is 9.96. The molecule has 3 saturated carbocycles. The summed E-state index contributed by atoms with van der Waals surface area (Å²) in [6.45, 7) is 4.52. The second-order valence-electron chi connectivity index (χ2n) is 16.3. The fourth-order valence-corrected chi connectivity index (χ4v) is 10.2. The molecule has 0 radical (unpaired) electrons. The molecule has 306 valence electrons. The molecule has 4 amide bonds. The molecule has 16 heteroatoms. The van der Waals surface area contributed by atoms with Crippen molar-refractivity contribution in [2.45, 2.75) is 106 Å². The molecular weight excluding hydrogens is 755 g/mol. The second kappa shape index (κ2) is 15.9. The van der Waals surface area contributed by atoms with Crippen LogP contribution in [0.25, 0.3) is 17.0 Å². The van der Waals surface area contributed by atoms with Crippen molar-refractivity contribution in [3.63, 3.8) is 0 Å². The molecule has 15 nitrogen and oxygen atoms in total. The van der Waals surface area contributed by atoms with Crippen LogP contribution in [0, 0.1) is 17.8 Å². The first-order valence-electron chi connectivity index (χ1n) is 20.2. The number of pyridine rings is 1. The minimum absolute atomic E-state index is 0.00195. The minimum atomic E-state index is -3.91. The molecule has 2 aromatic rings. The van der Waals surface area contributed by atoms with Crippen LogP contribution in [0.15, 0.2) is 43.0 Å². The summed E-state index contributed by atoms with van der Waals surface area (Å²) in [6.07, 6.45) is 10.3. The van der Waals surface area contributed by atoms with Crippen molar-refractivity contribution >= 4 is 50.8 Å². The summed E-state index contributed by atoms with van der Waals surface area (Å²) in [6, 6.07) is 5.46. The quantitative estimate of drug-likeness (QED) is 0.330. The Balaban J connectivity index is 1.14. The molecule has 8 rings (SSSR count). The van der Waals surface area contributed by atoms with Crippen molar-refractivity contribution in [1.82, 2.24) is 25.2 Å². The molecule has 3 N–H and O–H groups in total. The van der Waals surface area contributed by atoms with Gasteiger partial charge in [-0.2, -0.15) is 0 Å². The highest BCUT2D eigenvalue weighted by atomic mass is 32.2. The van der Waals surface area contributed by atoms with Gasteiger partial charge in [-0.25, -0.2) is 18.2 Å². The monoisotopic (exact) mass is 805 g/mol. The molecule has 7 atom stereocenters. The van der Waals surface area contributed by atoms with Crippen molar-refractivity contribution in [3.05, 3.63) is 48.6 Å². The Bertz CT molecular complexity index is 2070. The first kappa shape index (κ1) is 39.1. The van der Waals surface area contributed by atoms with Crippen LogP contribution in [0.5, 0.6) is 11.6 Å². The Morgan fingerprint density at radius 3 is 2.58 bits per heavy atom. The summed E-state index contributed by atoms with van der Waals surface area (Å²) >= 11 is 0. The number of benzene rings is 1. The van der Waals surface area contributed by atoms with Crippen LogP contribution in [0.2, 0.25) is 0 Å². The summed E-state index contributed by atoms with van der Waals surface area (Å²) in [5.74, 6) is -1.70. The SMILES string of the molecule is C=C[C@@H]1C[C@]1(NC(=O)[C@@H]1C[C@@H]2CN1C(=O)[C@H](C1CCCC1)NC(=O)O[C@@H]1COC[C@H]1CCC/C=C/c1cc3ccc(OC)cc3nc1O2)C(=O)NS(=O)(=O)C1CC1. The van der Waals surface area contributed by atoms with Gasteiger partial charge in [0.05, 0.1) is 37.6 Å². The van der Waals surface area contributed by atoms with Gasteiger partial charge in [-0.05, 0) is 75.5 Å². The van der Waals surface area contributed by atoms with E-state index in [2.05, 4.69) is 21.9 Å². The predicted molar refractivity (Wildman–Crippen MR) is 208 cm³/mol. The van der Waals surface area contributed by atoms with Gasteiger partial charge in [-0.1, -0.05) is 31.1 Å². The number of fused-ring (bicyclic) bond motifs is 5. The number of ether oxygens (including phenoxy) is 4. The smallest absolute Gasteiger partial charge is 0.408 e. The van der Waals surface area contributed by atoms with Crippen molar-refractivity contribution in [3.8, 4) is 11.6 Å². The number of amides is 4. The predicted octanol–water partition coefficient (Wildman–Crippen LogP) is 3.76. The number of rotatable bonds is 8. The number of allylic oxidation sites excluding steroid dienone is 1. The highest BCUT2D eigenvalue weighted by Gasteiger charge is 2.62. The van der Waals surface area contributed by atoms with Gasteiger partial charge in [0, 0.05) is 35.3 Å². The standard InChI is InChI=1S/C41H51N5O10S/c1-3-28-20-41(28,39(49)45-57(51,52)31-15-16-31)44-36(47)33-19-30-21-46(33)38(48)35(24-9-7-8-10-24)43-40(50)56-34-23-54-22-27(34)12-6-4-5-11-26-17-25-13-14-29(53-2)18-32(25)42-37(26)55-30/h3,5,11,13-14,17-18,24,27-28,30-31,33-35H,1,4,6-10,12,15-16,19-23H2,2H3,(H,43,50)(H,44,47)(H,45,49)/b11-5+/t27-,28-,30-,33+,34-,35+,41-/m1/s1. The van der Waals surface area contributed by atoms with E-state index in [-0.39, 0.29) is 37.8 Å². The fraction of sp³-hybridized carbons (Fsp3) is 0.585. The molecule has 57 heavy (non-hydrogen) atoms. The number of hydrogen-bond donors (Lipinski definition) is 3. The van der Waals surface area contributed by atoms with Crippen LogP contribution in [-0.2, 0) is 33.9 Å². The van der Waals surface area contributed by atoms with Crippen LogP contribution in [0.1, 0.15) is 76.2 Å². The van der Waals surface area contributed by atoms with E-state index < -0.39 is 74.8 Å². The van der Waals surface area contributed by atoms with Crippen LogP contribution >= 0.6 is 0 Å². The average Bonchev–Trinajstić information content (AvgIpc) is 3.98. The Morgan fingerprint density at radius 2 is 1.84 bits per heavy atom. The molecule has 0 unspecified atom stereocenters. The molecular formula is C41H51N5O10S. The largest absolute Gasteiger partial charge is 0.497 e. The fourth-order valence-electron chi connectivity index (χ4n) is 8.87. The lowest BCUT2D eigenvalue weighted by molar-refractivity contribution is -0.142. The van der Waals surface area contributed by atoms with E-state index in [9.17, 15) is 27.6 Å². The molecule has 5 fully saturated rings. The summed E-state index contributed by atoms with van der Waals surface area (Å²) in [4.78, 5) is 62.8. The van der Waals surface area contributed by atoms with E-state index in [1.807, 2.05) is 36.4 Å². The maximum Gasteiger partial charge on any atom is 0.408 e. The third kappa shape index (κ3) is 8.20. The van der Waals surface area contributed by atoms with Gasteiger partial charge in [0.25, 0.3) is 5.91 Å². The molecule has 2 saturated heterocycles. The molecule has 4 heterocycles. The van der Waals surface area contributed by atoms with E-state index in [1.165, 1.54) is 11.0 Å². The number of hydrogen-bond acceptors (Lipinski definition) is 11. The van der Waals surface area contributed by atoms with E-state index in [0.29, 0.717) is 49.4 Å². The zero-order valence-electron chi connectivity index (χ0n) is 32.2. The van der Waals surface area contributed by atoms with Crippen molar-refractivity contribution in [2.24, 2.45) is 17.8 Å². The minimum Gasteiger partial charge on any atom is -0.497 e. The molecule has 1 aromatic carbocycles. The summed E-state index contributed by atoms with van der Waals surface area (Å²) in [5.41, 5.74) is -0.191. The molecule has 3 aliphatic heterocycles. The van der Waals surface area contributed by atoms with Crippen molar-refractivity contribution < 1.29 is 46.5 Å². The maximum absolute atomic E-state index is 14.8. The van der Waals surface area contributed by atoms with Gasteiger partial charge >= 0.3 is 6.09 Å². The first-order chi connectivity index (χ1) is 27.5. The summed E-state index contributed by atoms with van der Waals surface area (Å²) in [7, 11) is -2.33. The lowest BCUT2D eigenvalue weighted by Crippen LogP contribution is -2.59. The van der Waals surface area contributed by atoms with Gasteiger partial charge in [0.2, 0.25) is 27.7 Å². The second-order valence-corrected chi connectivity index (χ2v) is 18.3. The average molecular weight is 806 g/mol. The van der Waals surface area contributed by atoms with Crippen LogP contribution in [0.3, 0.4) is 0 Å². The molecule has 0 spiro atoms. The number of carbonyl (C=O) groups excluding carboxylic acids is 4. The third-order valence-electron chi connectivity index (χ3n) is 12.4. The topological polar surface area (TPSA) is 192 Å². The number of nitrogens with zero attached hydrogens (tertiary/aromatic N) is 2. The van der Waals surface area contributed by atoms with Gasteiger partial charge in [0.1, 0.15) is 35.6 Å². The molecule has 2 bridgehead atoms. The van der Waals surface area contributed by atoms with Gasteiger partial charge in [-0.3, -0.25) is 19.1 Å². The Hall–Kier alpha value is -4.70. The first-order valence-corrected chi connectivity index (χ1v) is 21.7. The number of nitrogens with one attached hydrogen (secondary N) is 3. The van der Waals surface area contributed by atoms with Gasteiger partial charge in [-0.15, -0.1) is 6.58 Å². The number of methoxy groups -OCH3 is 1. The van der Waals surface area contributed by atoms with E-state index in [4.69, 9.17) is 23.9 Å². The molecule has 3 aliphatic carbocycles. The van der Waals surface area contributed by atoms with E-state index in [0.717, 1.165) is 43.1 Å². The van der Waals surface area contributed by atoms with E-state index >= 15 is 0 Å². The highest BCUT2D eigenvalue weighted by Crippen LogP contribution is 2.46. The highest BCUT2D eigenvalue weighted by molar-refractivity contribution is 7.91. The Kier molecular flexibility index (Phi) is 10.9. The molecule has 1 aromatic heterocycles. The lowest BCUT2D eigenvalue weighted by Gasteiger charge is -2.32. The van der Waals surface area contributed by atoms with Crippen LogP contribution in [0.4, 0.5) is 4.79 Å². The van der Waals surface area contributed by atoms with Crippen molar-refractivity contribution in [2.75, 3.05) is 26.9 Å². The third-order valence-corrected chi connectivity index (χ3v) is 14.3. The number of carbonyl (C=O) groups is 4. The van der Waals surface area contributed by atoms with Gasteiger partial charge in [0.15, 0.2) is 0 Å².